The maximum Gasteiger partial charge on any atom is 0.0794 e. The Balaban J connectivity index is 1.75. The Morgan fingerprint density at radius 3 is 3.06 bits per heavy atom. The van der Waals surface area contributed by atoms with Gasteiger partial charge in [-0.15, -0.1) is 11.3 Å². The highest BCUT2D eigenvalue weighted by Gasteiger charge is 2.00. The standard InChI is InChI=1S/C13H12N4S/c1-2-10(13-4-5-16-17-13)6-11(3-1)15-8-12-7-14-9-18-12/h1-7,9,15H,8H2,(H,16,17). The van der Waals surface area contributed by atoms with Gasteiger partial charge in [-0.25, -0.2) is 0 Å². The fourth-order valence-corrected chi connectivity index (χ4v) is 2.27. The molecule has 0 saturated heterocycles. The molecule has 3 rings (SSSR count). The fraction of sp³-hybridized carbons (Fsp3) is 0.0769. The van der Waals surface area contributed by atoms with Crippen LogP contribution in [-0.2, 0) is 6.54 Å². The van der Waals surface area contributed by atoms with Crippen molar-refractivity contribution in [2.45, 2.75) is 6.54 Å². The molecule has 3 aromatic rings. The molecule has 0 aliphatic heterocycles. The third kappa shape index (κ3) is 2.41. The van der Waals surface area contributed by atoms with E-state index >= 15 is 0 Å². The van der Waals surface area contributed by atoms with Gasteiger partial charge < -0.3 is 5.32 Å². The maximum atomic E-state index is 4.06. The largest absolute Gasteiger partial charge is 0.380 e. The highest BCUT2D eigenvalue weighted by molar-refractivity contribution is 7.09. The van der Waals surface area contributed by atoms with E-state index in [0.717, 1.165) is 23.5 Å². The van der Waals surface area contributed by atoms with Crippen LogP contribution in [0.15, 0.2) is 48.2 Å². The van der Waals surface area contributed by atoms with Crippen LogP contribution in [0, 0.1) is 0 Å². The van der Waals surface area contributed by atoms with E-state index in [4.69, 9.17) is 0 Å². The minimum Gasteiger partial charge on any atom is -0.380 e. The Labute approximate surface area is 109 Å². The number of hydrogen-bond acceptors (Lipinski definition) is 4. The van der Waals surface area contributed by atoms with E-state index in [9.17, 15) is 0 Å². The van der Waals surface area contributed by atoms with Crippen molar-refractivity contribution in [3.63, 3.8) is 0 Å². The number of H-pyrrole nitrogens is 1. The second-order valence-electron chi connectivity index (χ2n) is 3.87. The summed E-state index contributed by atoms with van der Waals surface area (Å²) in [6, 6.07) is 10.2. The zero-order valence-electron chi connectivity index (χ0n) is 9.63. The van der Waals surface area contributed by atoms with Crippen LogP contribution in [0.5, 0.6) is 0 Å². The minimum absolute atomic E-state index is 0.803. The Morgan fingerprint density at radius 2 is 2.28 bits per heavy atom. The van der Waals surface area contributed by atoms with Crippen molar-refractivity contribution in [1.29, 1.82) is 0 Å². The predicted octanol–water partition coefficient (Wildman–Crippen LogP) is 3.15. The summed E-state index contributed by atoms with van der Waals surface area (Å²) in [6.45, 7) is 0.803. The van der Waals surface area contributed by atoms with Gasteiger partial charge in [0.25, 0.3) is 0 Å². The van der Waals surface area contributed by atoms with Gasteiger partial charge in [-0.1, -0.05) is 12.1 Å². The van der Waals surface area contributed by atoms with E-state index in [1.807, 2.05) is 23.8 Å². The van der Waals surface area contributed by atoms with Gasteiger partial charge in [0.2, 0.25) is 0 Å². The van der Waals surface area contributed by atoms with Gasteiger partial charge >= 0.3 is 0 Å². The molecule has 5 heteroatoms. The smallest absolute Gasteiger partial charge is 0.0794 e. The molecular weight excluding hydrogens is 244 g/mol. The highest BCUT2D eigenvalue weighted by atomic mass is 32.1. The summed E-state index contributed by atoms with van der Waals surface area (Å²) in [4.78, 5) is 5.28. The number of thiazole rings is 1. The van der Waals surface area contributed by atoms with Crippen LogP contribution in [0.1, 0.15) is 4.88 Å². The van der Waals surface area contributed by atoms with Crippen molar-refractivity contribution >= 4 is 17.0 Å². The number of rotatable bonds is 4. The molecule has 0 bridgehead atoms. The summed E-state index contributed by atoms with van der Waals surface area (Å²) < 4.78 is 0. The number of nitrogens with zero attached hydrogens (tertiary/aromatic N) is 2. The lowest BCUT2D eigenvalue weighted by Crippen LogP contribution is -1.97. The molecule has 2 heterocycles. The first-order valence-corrected chi connectivity index (χ1v) is 6.51. The van der Waals surface area contributed by atoms with E-state index in [2.05, 4.69) is 38.7 Å². The first-order chi connectivity index (χ1) is 8.92. The number of aromatic nitrogens is 3. The van der Waals surface area contributed by atoms with Crippen molar-refractivity contribution < 1.29 is 0 Å². The maximum absolute atomic E-state index is 4.06. The summed E-state index contributed by atoms with van der Waals surface area (Å²) >= 11 is 1.65. The van der Waals surface area contributed by atoms with Crippen LogP contribution in [-0.4, -0.2) is 15.2 Å². The lowest BCUT2D eigenvalue weighted by molar-refractivity contribution is 1.09. The van der Waals surface area contributed by atoms with Crippen LogP contribution in [0.4, 0.5) is 5.69 Å². The molecule has 1 aromatic carbocycles. The molecular formula is C13H12N4S. The van der Waals surface area contributed by atoms with Crippen LogP contribution < -0.4 is 5.32 Å². The summed E-state index contributed by atoms with van der Waals surface area (Å²) in [5.41, 5.74) is 5.09. The molecule has 2 aromatic heterocycles. The Bertz CT molecular complexity index is 602. The number of aromatic amines is 1. The lowest BCUT2D eigenvalue weighted by atomic mass is 10.1. The first-order valence-electron chi connectivity index (χ1n) is 5.63. The molecule has 0 unspecified atom stereocenters. The summed E-state index contributed by atoms with van der Waals surface area (Å²) in [6.07, 6.45) is 3.64. The molecule has 0 aliphatic rings. The molecule has 0 amide bonds. The highest BCUT2D eigenvalue weighted by Crippen LogP contribution is 2.21. The lowest BCUT2D eigenvalue weighted by Gasteiger charge is -2.06. The third-order valence-electron chi connectivity index (χ3n) is 2.62. The molecule has 0 aliphatic carbocycles. The minimum atomic E-state index is 0.803. The van der Waals surface area contributed by atoms with Crippen molar-refractivity contribution in [1.82, 2.24) is 15.2 Å². The van der Waals surface area contributed by atoms with Crippen molar-refractivity contribution in [2.24, 2.45) is 0 Å². The quantitative estimate of drug-likeness (QED) is 0.754. The molecule has 0 fully saturated rings. The molecule has 18 heavy (non-hydrogen) atoms. The normalized spacial score (nSPS) is 10.4. The van der Waals surface area contributed by atoms with Crippen molar-refractivity contribution in [2.75, 3.05) is 5.32 Å². The van der Waals surface area contributed by atoms with Gasteiger partial charge in [0, 0.05) is 28.5 Å². The number of hydrogen-bond donors (Lipinski definition) is 2. The zero-order chi connectivity index (χ0) is 12.2. The molecule has 0 saturated carbocycles. The van der Waals surface area contributed by atoms with Gasteiger partial charge in [0.1, 0.15) is 0 Å². The molecule has 4 nitrogen and oxygen atoms in total. The average molecular weight is 256 g/mol. The first kappa shape index (κ1) is 11.0. The van der Waals surface area contributed by atoms with Crippen LogP contribution >= 0.6 is 11.3 Å². The summed E-state index contributed by atoms with van der Waals surface area (Å²) in [5.74, 6) is 0. The number of benzene rings is 1. The Morgan fingerprint density at radius 1 is 1.28 bits per heavy atom. The number of anilines is 1. The Hall–Kier alpha value is -2.14. The van der Waals surface area contributed by atoms with Crippen LogP contribution in [0.2, 0.25) is 0 Å². The van der Waals surface area contributed by atoms with E-state index in [0.29, 0.717) is 0 Å². The Kier molecular flexibility index (Phi) is 3.06. The van der Waals surface area contributed by atoms with Gasteiger partial charge in [0.05, 0.1) is 17.7 Å². The second kappa shape index (κ2) is 5.01. The number of nitrogens with one attached hydrogen (secondary N) is 2. The van der Waals surface area contributed by atoms with Crippen LogP contribution in [0.3, 0.4) is 0 Å². The van der Waals surface area contributed by atoms with E-state index in [1.54, 1.807) is 17.5 Å². The predicted molar refractivity (Wildman–Crippen MR) is 73.5 cm³/mol. The van der Waals surface area contributed by atoms with Crippen LogP contribution in [0.25, 0.3) is 11.3 Å². The molecule has 90 valence electrons. The second-order valence-corrected chi connectivity index (χ2v) is 4.84. The van der Waals surface area contributed by atoms with E-state index in [-0.39, 0.29) is 0 Å². The van der Waals surface area contributed by atoms with Gasteiger partial charge in [-0.2, -0.15) is 5.10 Å². The van der Waals surface area contributed by atoms with Crippen molar-refractivity contribution in [3.05, 3.63) is 53.1 Å². The van der Waals surface area contributed by atoms with E-state index < -0.39 is 0 Å². The third-order valence-corrected chi connectivity index (χ3v) is 3.40. The molecule has 0 atom stereocenters. The SMILES string of the molecule is c1cc(NCc2cncs2)cc(-c2ccn[nH]2)c1. The van der Waals surface area contributed by atoms with Gasteiger partial charge in [-0.05, 0) is 18.2 Å². The zero-order valence-corrected chi connectivity index (χ0v) is 10.4. The van der Waals surface area contributed by atoms with Crippen molar-refractivity contribution in [3.8, 4) is 11.3 Å². The molecule has 0 spiro atoms. The van der Waals surface area contributed by atoms with Gasteiger partial charge in [0.15, 0.2) is 0 Å². The fourth-order valence-electron chi connectivity index (χ4n) is 1.73. The molecule has 0 radical (unpaired) electrons. The summed E-state index contributed by atoms with van der Waals surface area (Å²) in [5, 5.41) is 10.3. The molecule has 2 N–H and O–H groups in total. The summed E-state index contributed by atoms with van der Waals surface area (Å²) in [7, 11) is 0. The van der Waals surface area contributed by atoms with Gasteiger partial charge in [-0.3, -0.25) is 10.1 Å². The monoisotopic (exact) mass is 256 g/mol. The average Bonchev–Trinajstić information content (AvgIpc) is 3.10. The topological polar surface area (TPSA) is 53.6 Å². The van der Waals surface area contributed by atoms with E-state index in [1.165, 1.54) is 4.88 Å².